The van der Waals surface area contributed by atoms with E-state index in [1.165, 1.54) is 12.1 Å². The van der Waals surface area contributed by atoms with E-state index >= 15 is 4.39 Å². The molecule has 4 aliphatic rings. The molecule has 3 fully saturated rings. The van der Waals surface area contributed by atoms with Crippen LogP contribution in [0.15, 0.2) is 42.7 Å². The Morgan fingerprint density at radius 2 is 1.77 bits per heavy atom. The lowest BCUT2D eigenvalue weighted by Crippen LogP contribution is -2.59. The predicted octanol–water partition coefficient (Wildman–Crippen LogP) is 7.04. The standard InChI is InChI=1S/C46H57FN8O5/c1-8-60-44(58)31-10-9-15-53(24-31)32-20-33(21-32)55-40-19-30(11-12-35(40)46(45(55)59)13-16-52(17-14-46)29(7)56)37-23-39-41(54(25-48-39)27(4)5)42(50-37)51-38-22-34(28(6)18-36(38)47)43(57)49-26(2)3/h11-12,18-19,22-23,25-27,31-33H,8-10,13-17,20-21,24H2,1-7H3,(H,49,57)(H,50,51)/t31-,32?,33?/m1/s1. The Balaban J connectivity index is 1.16. The molecule has 318 valence electrons. The molecule has 1 saturated carbocycles. The number of anilines is 3. The number of aryl methyl sites for hydroxylation is 1. The Kier molecular flexibility index (Phi) is 11.2. The molecule has 4 aromatic rings. The molecule has 1 aliphatic carbocycles. The van der Waals surface area contributed by atoms with Crippen molar-refractivity contribution in [3.05, 3.63) is 65.2 Å². The predicted molar refractivity (Wildman–Crippen MR) is 229 cm³/mol. The summed E-state index contributed by atoms with van der Waals surface area (Å²) in [7, 11) is 0. The van der Waals surface area contributed by atoms with E-state index in [2.05, 4.69) is 27.7 Å². The molecule has 14 heteroatoms. The number of benzene rings is 2. The van der Waals surface area contributed by atoms with Crippen LogP contribution in [0.4, 0.5) is 21.6 Å². The summed E-state index contributed by atoms with van der Waals surface area (Å²) in [5, 5.41) is 6.15. The van der Waals surface area contributed by atoms with Crippen molar-refractivity contribution in [2.45, 2.75) is 117 Å². The molecule has 60 heavy (non-hydrogen) atoms. The number of pyridine rings is 1. The van der Waals surface area contributed by atoms with E-state index in [1.807, 2.05) is 61.1 Å². The zero-order valence-electron chi connectivity index (χ0n) is 35.8. The molecule has 3 amide bonds. The van der Waals surface area contributed by atoms with E-state index in [9.17, 15) is 19.2 Å². The number of imidazole rings is 1. The fraction of sp³-hybridized carbons (Fsp3) is 0.522. The normalized spacial score (nSPS) is 21.4. The lowest BCUT2D eigenvalue weighted by atomic mass is 9.73. The third kappa shape index (κ3) is 7.41. The maximum atomic E-state index is 15.7. The van der Waals surface area contributed by atoms with Crippen LogP contribution in [0.3, 0.4) is 0 Å². The quantitative estimate of drug-likeness (QED) is 0.161. The average Bonchev–Trinajstić information content (AvgIpc) is 3.73. The highest BCUT2D eigenvalue weighted by molar-refractivity contribution is 6.09. The van der Waals surface area contributed by atoms with Gasteiger partial charge in [-0.05, 0) is 122 Å². The summed E-state index contributed by atoms with van der Waals surface area (Å²) in [6.07, 6.45) is 6.20. The van der Waals surface area contributed by atoms with Gasteiger partial charge in [-0.15, -0.1) is 0 Å². The molecule has 1 atom stereocenters. The molecule has 2 N–H and O–H groups in total. The molecule has 8 rings (SSSR count). The number of ether oxygens (including phenoxy) is 1. The first kappa shape index (κ1) is 41.4. The number of hydrogen-bond donors (Lipinski definition) is 2. The Morgan fingerprint density at radius 3 is 2.45 bits per heavy atom. The maximum Gasteiger partial charge on any atom is 0.310 e. The van der Waals surface area contributed by atoms with Crippen molar-refractivity contribution in [2.75, 3.05) is 43.0 Å². The first-order valence-electron chi connectivity index (χ1n) is 21.6. The smallest absolute Gasteiger partial charge is 0.310 e. The zero-order chi connectivity index (χ0) is 42.6. The minimum atomic E-state index is -0.742. The van der Waals surface area contributed by atoms with Gasteiger partial charge in [0, 0.05) is 67.5 Å². The molecule has 2 aromatic carbocycles. The zero-order valence-corrected chi connectivity index (χ0v) is 35.8. The summed E-state index contributed by atoms with van der Waals surface area (Å²) in [5.41, 5.74) is 4.81. The van der Waals surface area contributed by atoms with Crippen molar-refractivity contribution in [3.8, 4) is 11.3 Å². The number of nitrogens with zero attached hydrogens (tertiary/aromatic N) is 6. The number of rotatable bonds is 10. The lowest BCUT2D eigenvalue weighted by molar-refractivity contribution is -0.150. The number of carbonyl (C=O) groups excluding carboxylic acids is 4. The van der Waals surface area contributed by atoms with Crippen LogP contribution in [0, 0.1) is 18.7 Å². The van der Waals surface area contributed by atoms with Gasteiger partial charge in [0.2, 0.25) is 11.8 Å². The molecular formula is C46H57FN8O5. The summed E-state index contributed by atoms with van der Waals surface area (Å²) in [5.74, 6) is -0.584. The number of piperidine rings is 2. The van der Waals surface area contributed by atoms with Crippen molar-refractivity contribution in [1.29, 1.82) is 0 Å². The molecule has 2 saturated heterocycles. The van der Waals surface area contributed by atoms with Gasteiger partial charge >= 0.3 is 5.97 Å². The summed E-state index contributed by atoms with van der Waals surface area (Å²) in [6.45, 7) is 15.9. The van der Waals surface area contributed by atoms with Crippen molar-refractivity contribution >= 4 is 51.9 Å². The molecule has 0 bridgehead atoms. The number of halogens is 1. The highest BCUT2D eigenvalue weighted by Crippen LogP contribution is 2.52. The van der Waals surface area contributed by atoms with Crippen LogP contribution in [-0.2, 0) is 24.5 Å². The third-order valence-electron chi connectivity index (χ3n) is 13.1. The number of fused-ring (bicyclic) bond motifs is 3. The molecule has 0 unspecified atom stereocenters. The van der Waals surface area contributed by atoms with Gasteiger partial charge in [0.1, 0.15) is 11.3 Å². The molecule has 2 aromatic heterocycles. The van der Waals surface area contributed by atoms with E-state index in [0.717, 1.165) is 49.0 Å². The van der Waals surface area contributed by atoms with Crippen LogP contribution in [0.5, 0.6) is 0 Å². The number of likely N-dealkylation sites (tertiary alicyclic amines) is 2. The monoisotopic (exact) mass is 820 g/mol. The molecule has 1 spiro atoms. The van der Waals surface area contributed by atoms with Gasteiger partial charge in [0.05, 0.1) is 41.2 Å². The van der Waals surface area contributed by atoms with Crippen molar-refractivity contribution in [2.24, 2.45) is 5.92 Å². The SMILES string of the molecule is CCOC(=O)[C@@H]1CCCN(C2CC(N3C(=O)C4(CCN(C(C)=O)CC4)c4ccc(-c5cc6ncn(C(C)C)c6c(Nc6cc(C(=O)NC(C)C)c(C)cc6F)n5)cc43)C2)C1. The number of esters is 1. The highest BCUT2D eigenvalue weighted by atomic mass is 19.1. The van der Waals surface area contributed by atoms with Crippen LogP contribution in [0.1, 0.15) is 108 Å². The van der Waals surface area contributed by atoms with Gasteiger partial charge in [-0.1, -0.05) is 12.1 Å². The van der Waals surface area contributed by atoms with Gasteiger partial charge in [-0.3, -0.25) is 24.1 Å². The molecule has 5 heterocycles. The number of aromatic nitrogens is 3. The number of hydrogen-bond acceptors (Lipinski definition) is 9. The van der Waals surface area contributed by atoms with E-state index in [-0.39, 0.29) is 59.5 Å². The average molecular weight is 821 g/mol. The van der Waals surface area contributed by atoms with Gasteiger partial charge in [-0.2, -0.15) is 0 Å². The van der Waals surface area contributed by atoms with E-state index in [1.54, 1.807) is 20.2 Å². The van der Waals surface area contributed by atoms with Crippen LogP contribution in [0.25, 0.3) is 22.3 Å². The first-order chi connectivity index (χ1) is 28.7. The highest BCUT2D eigenvalue weighted by Gasteiger charge is 2.56. The number of carbonyl (C=O) groups is 4. The van der Waals surface area contributed by atoms with Crippen LogP contribution in [-0.4, -0.2) is 98.9 Å². The van der Waals surface area contributed by atoms with E-state index in [0.29, 0.717) is 72.8 Å². The summed E-state index contributed by atoms with van der Waals surface area (Å²) in [6, 6.07) is 11.1. The summed E-state index contributed by atoms with van der Waals surface area (Å²) in [4.78, 5) is 69.2. The number of amides is 3. The van der Waals surface area contributed by atoms with Crippen LogP contribution < -0.4 is 15.5 Å². The second-order valence-corrected chi connectivity index (χ2v) is 17.7. The Bertz CT molecular complexity index is 2340. The maximum absolute atomic E-state index is 15.7. The Hall–Kier alpha value is -5.37. The molecule has 0 radical (unpaired) electrons. The topological polar surface area (TPSA) is 142 Å². The molecule has 13 nitrogen and oxygen atoms in total. The second kappa shape index (κ2) is 16.2. The summed E-state index contributed by atoms with van der Waals surface area (Å²) >= 11 is 0. The Morgan fingerprint density at radius 1 is 1.02 bits per heavy atom. The van der Waals surface area contributed by atoms with E-state index in [4.69, 9.17) is 14.7 Å². The van der Waals surface area contributed by atoms with Gasteiger partial charge in [0.25, 0.3) is 5.91 Å². The second-order valence-electron chi connectivity index (χ2n) is 17.7. The van der Waals surface area contributed by atoms with Gasteiger partial charge in [0.15, 0.2) is 5.82 Å². The van der Waals surface area contributed by atoms with Gasteiger partial charge < -0.3 is 29.7 Å². The van der Waals surface area contributed by atoms with Crippen LogP contribution in [0.2, 0.25) is 0 Å². The largest absolute Gasteiger partial charge is 0.466 e. The van der Waals surface area contributed by atoms with Gasteiger partial charge in [-0.25, -0.2) is 14.4 Å². The third-order valence-corrected chi connectivity index (χ3v) is 13.1. The fourth-order valence-corrected chi connectivity index (χ4v) is 9.82. The van der Waals surface area contributed by atoms with Crippen LogP contribution >= 0.6 is 0 Å². The van der Waals surface area contributed by atoms with Crippen molar-refractivity contribution in [3.63, 3.8) is 0 Å². The van der Waals surface area contributed by atoms with Crippen molar-refractivity contribution < 1.29 is 28.3 Å². The van der Waals surface area contributed by atoms with Crippen molar-refractivity contribution in [1.82, 2.24) is 29.7 Å². The number of nitrogens with one attached hydrogen (secondary N) is 2. The summed E-state index contributed by atoms with van der Waals surface area (Å²) < 4.78 is 23.1. The fourth-order valence-electron chi connectivity index (χ4n) is 9.82. The minimum Gasteiger partial charge on any atom is -0.466 e. The molecule has 3 aliphatic heterocycles. The van der Waals surface area contributed by atoms with E-state index < -0.39 is 11.2 Å². The lowest BCUT2D eigenvalue weighted by Gasteiger charge is -2.49. The Labute approximate surface area is 351 Å². The molecular weight excluding hydrogens is 764 g/mol. The minimum absolute atomic E-state index is 0.0126. The first-order valence-corrected chi connectivity index (χ1v) is 21.6.